The smallest absolute Gasteiger partial charge is 0.154 e. The Morgan fingerprint density at radius 3 is 1.57 bits per heavy atom. The summed E-state index contributed by atoms with van der Waals surface area (Å²) in [7, 11) is 3.37. The second kappa shape index (κ2) is 10.9. The fraction of sp³-hybridized carbons (Fsp3) is 1.00. The maximum atomic E-state index is 5.38. The molecule has 0 aliphatic rings. The van der Waals surface area contributed by atoms with Crippen LogP contribution in [0.15, 0.2) is 0 Å². The molecule has 0 bridgehead atoms. The lowest BCUT2D eigenvalue weighted by molar-refractivity contribution is -0.134. The summed E-state index contributed by atoms with van der Waals surface area (Å²) < 4.78 is 20.6. The van der Waals surface area contributed by atoms with E-state index in [9.17, 15) is 0 Å². The largest absolute Gasteiger partial charge is 0.385 e. The van der Waals surface area contributed by atoms with Gasteiger partial charge in [0, 0.05) is 27.4 Å². The Hall–Kier alpha value is -0.160. The van der Waals surface area contributed by atoms with E-state index in [0.717, 1.165) is 26.1 Å². The molecule has 0 N–H and O–H groups in total. The fourth-order valence-corrected chi connectivity index (χ4v) is 0.953. The average Bonchev–Trinajstić information content (AvgIpc) is 2.19. The van der Waals surface area contributed by atoms with E-state index < -0.39 is 0 Å². The van der Waals surface area contributed by atoms with Gasteiger partial charge in [0.25, 0.3) is 0 Å². The summed E-state index contributed by atoms with van der Waals surface area (Å²) in [5.41, 5.74) is 0. The molecule has 14 heavy (non-hydrogen) atoms. The van der Waals surface area contributed by atoms with Crippen LogP contribution in [-0.2, 0) is 18.9 Å². The molecular weight excluding hydrogens is 184 g/mol. The van der Waals surface area contributed by atoms with Crippen molar-refractivity contribution in [3.05, 3.63) is 0 Å². The van der Waals surface area contributed by atoms with Gasteiger partial charge in [-0.25, -0.2) is 0 Å². The molecule has 4 heteroatoms. The Bertz CT molecular complexity index is 96.3. The molecule has 0 heterocycles. The fourth-order valence-electron chi connectivity index (χ4n) is 0.953. The summed E-state index contributed by atoms with van der Waals surface area (Å²) >= 11 is 0. The van der Waals surface area contributed by atoms with Gasteiger partial charge in [0.15, 0.2) is 6.29 Å². The van der Waals surface area contributed by atoms with Crippen LogP contribution in [0.25, 0.3) is 0 Å². The lowest BCUT2D eigenvalue weighted by Gasteiger charge is -2.13. The molecule has 0 aliphatic heterocycles. The number of ether oxygens (including phenoxy) is 4. The lowest BCUT2D eigenvalue weighted by Crippen LogP contribution is -2.15. The standard InChI is InChI=1S/C10H22O4/c1-10(13-8-4-6-11-2)14-9-5-7-12-3/h10H,4-9H2,1-3H3. The molecule has 0 aromatic rings. The Balaban J connectivity index is 3.07. The van der Waals surface area contributed by atoms with Crippen LogP contribution in [-0.4, -0.2) is 46.9 Å². The molecule has 0 saturated heterocycles. The summed E-state index contributed by atoms with van der Waals surface area (Å²) in [6, 6.07) is 0. The molecule has 0 rings (SSSR count). The Morgan fingerprint density at radius 2 is 1.21 bits per heavy atom. The van der Waals surface area contributed by atoms with Crippen LogP contribution in [0.2, 0.25) is 0 Å². The maximum Gasteiger partial charge on any atom is 0.154 e. The van der Waals surface area contributed by atoms with Crippen molar-refractivity contribution in [3.63, 3.8) is 0 Å². The van der Waals surface area contributed by atoms with Gasteiger partial charge >= 0.3 is 0 Å². The minimum absolute atomic E-state index is 0.135. The minimum atomic E-state index is -0.135. The molecule has 0 atom stereocenters. The van der Waals surface area contributed by atoms with Crippen molar-refractivity contribution in [1.82, 2.24) is 0 Å². The Labute approximate surface area is 86.5 Å². The normalized spacial score (nSPS) is 11.1. The van der Waals surface area contributed by atoms with Gasteiger partial charge in [0.2, 0.25) is 0 Å². The molecular formula is C10H22O4. The highest BCUT2D eigenvalue weighted by Crippen LogP contribution is 1.96. The lowest BCUT2D eigenvalue weighted by atomic mass is 10.5. The van der Waals surface area contributed by atoms with Crippen molar-refractivity contribution in [1.29, 1.82) is 0 Å². The highest BCUT2D eigenvalue weighted by Gasteiger charge is 2.00. The maximum absolute atomic E-state index is 5.38. The van der Waals surface area contributed by atoms with Gasteiger partial charge in [-0.05, 0) is 19.8 Å². The van der Waals surface area contributed by atoms with E-state index in [1.807, 2.05) is 6.92 Å². The summed E-state index contributed by atoms with van der Waals surface area (Å²) in [6.45, 7) is 4.73. The van der Waals surface area contributed by atoms with Gasteiger partial charge in [-0.2, -0.15) is 0 Å². The van der Waals surface area contributed by atoms with Crippen LogP contribution >= 0.6 is 0 Å². The third kappa shape index (κ3) is 9.92. The van der Waals surface area contributed by atoms with Crippen LogP contribution < -0.4 is 0 Å². The van der Waals surface area contributed by atoms with Gasteiger partial charge in [-0.3, -0.25) is 0 Å². The first-order valence-electron chi connectivity index (χ1n) is 5.02. The molecule has 86 valence electrons. The van der Waals surface area contributed by atoms with Crippen LogP contribution in [0.1, 0.15) is 19.8 Å². The zero-order chi connectivity index (χ0) is 10.6. The number of hydrogen-bond donors (Lipinski definition) is 0. The van der Waals surface area contributed by atoms with Crippen molar-refractivity contribution in [2.45, 2.75) is 26.1 Å². The second-order valence-corrected chi connectivity index (χ2v) is 3.00. The van der Waals surface area contributed by atoms with E-state index in [1.165, 1.54) is 0 Å². The zero-order valence-electron chi connectivity index (χ0n) is 9.45. The zero-order valence-corrected chi connectivity index (χ0v) is 9.45. The molecule has 0 aromatic carbocycles. The first kappa shape index (κ1) is 13.8. The third-order valence-corrected chi connectivity index (χ3v) is 1.69. The third-order valence-electron chi connectivity index (χ3n) is 1.69. The SMILES string of the molecule is COCCCOC(C)OCCCOC. The van der Waals surface area contributed by atoms with Gasteiger partial charge < -0.3 is 18.9 Å². The highest BCUT2D eigenvalue weighted by atomic mass is 16.7. The summed E-state index contributed by atoms with van der Waals surface area (Å²) in [5, 5.41) is 0. The summed E-state index contributed by atoms with van der Waals surface area (Å²) in [5.74, 6) is 0. The van der Waals surface area contributed by atoms with Crippen molar-refractivity contribution >= 4 is 0 Å². The van der Waals surface area contributed by atoms with Crippen LogP contribution in [0.3, 0.4) is 0 Å². The van der Waals surface area contributed by atoms with Crippen LogP contribution in [0.5, 0.6) is 0 Å². The van der Waals surface area contributed by atoms with Crippen molar-refractivity contribution in [2.24, 2.45) is 0 Å². The topological polar surface area (TPSA) is 36.9 Å². The minimum Gasteiger partial charge on any atom is -0.385 e. The molecule has 4 nitrogen and oxygen atoms in total. The van der Waals surface area contributed by atoms with E-state index in [4.69, 9.17) is 18.9 Å². The molecule has 0 radical (unpaired) electrons. The van der Waals surface area contributed by atoms with Gasteiger partial charge in [0.1, 0.15) is 0 Å². The Morgan fingerprint density at radius 1 is 0.786 bits per heavy atom. The molecule has 0 fully saturated rings. The molecule has 0 unspecified atom stereocenters. The average molecular weight is 206 g/mol. The van der Waals surface area contributed by atoms with Crippen molar-refractivity contribution < 1.29 is 18.9 Å². The molecule has 0 saturated carbocycles. The summed E-state index contributed by atoms with van der Waals surface area (Å²) in [4.78, 5) is 0. The van der Waals surface area contributed by atoms with E-state index in [2.05, 4.69) is 0 Å². The van der Waals surface area contributed by atoms with Crippen LogP contribution in [0, 0.1) is 0 Å². The van der Waals surface area contributed by atoms with E-state index in [1.54, 1.807) is 14.2 Å². The monoisotopic (exact) mass is 206 g/mol. The molecule has 0 amide bonds. The van der Waals surface area contributed by atoms with E-state index in [0.29, 0.717) is 13.2 Å². The number of rotatable bonds is 10. The first-order chi connectivity index (χ1) is 6.81. The summed E-state index contributed by atoms with van der Waals surface area (Å²) in [6.07, 6.45) is 1.67. The van der Waals surface area contributed by atoms with Crippen molar-refractivity contribution in [3.8, 4) is 0 Å². The van der Waals surface area contributed by atoms with Crippen LogP contribution in [0.4, 0.5) is 0 Å². The van der Waals surface area contributed by atoms with Gasteiger partial charge in [-0.1, -0.05) is 0 Å². The molecule has 0 aromatic heterocycles. The van der Waals surface area contributed by atoms with E-state index in [-0.39, 0.29) is 6.29 Å². The van der Waals surface area contributed by atoms with Gasteiger partial charge in [-0.15, -0.1) is 0 Å². The number of methoxy groups -OCH3 is 2. The highest BCUT2D eigenvalue weighted by molar-refractivity contribution is 4.38. The molecule has 0 spiro atoms. The first-order valence-corrected chi connectivity index (χ1v) is 5.02. The van der Waals surface area contributed by atoms with E-state index >= 15 is 0 Å². The van der Waals surface area contributed by atoms with Gasteiger partial charge in [0.05, 0.1) is 13.2 Å². The quantitative estimate of drug-likeness (QED) is 0.400. The Kier molecular flexibility index (Phi) is 10.8. The number of hydrogen-bond acceptors (Lipinski definition) is 4. The second-order valence-electron chi connectivity index (χ2n) is 3.00. The molecule has 0 aliphatic carbocycles. The van der Waals surface area contributed by atoms with Crippen molar-refractivity contribution in [2.75, 3.05) is 40.6 Å². The predicted molar refractivity (Wildman–Crippen MR) is 54.4 cm³/mol. The predicted octanol–water partition coefficient (Wildman–Crippen LogP) is 1.44.